The fourth-order valence-electron chi connectivity index (χ4n) is 1.20. The van der Waals surface area contributed by atoms with Crippen molar-refractivity contribution in [1.82, 2.24) is 15.0 Å². The van der Waals surface area contributed by atoms with Crippen LogP contribution >= 0.6 is 0 Å². The second-order valence-corrected chi connectivity index (χ2v) is 3.05. The molecule has 0 N–H and O–H groups in total. The molecule has 0 saturated heterocycles. The van der Waals surface area contributed by atoms with Gasteiger partial charge in [-0.1, -0.05) is 0 Å². The molecular weight excluding hydrogens is 219 g/mol. The van der Waals surface area contributed by atoms with Gasteiger partial charge in [0.15, 0.2) is 0 Å². The average molecular weight is 225 g/mol. The number of pyridine rings is 1. The van der Waals surface area contributed by atoms with Crippen molar-refractivity contribution in [2.45, 2.75) is 6.18 Å². The minimum atomic E-state index is -4.39. The lowest BCUT2D eigenvalue weighted by atomic mass is 10.1. The third-order valence-corrected chi connectivity index (χ3v) is 1.94. The number of aromatic nitrogens is 3. The lowest BCUT2D eigenvalue weighted by molar-refractivity contribution is -0.137. The van der Waals surface area contributed by atoms with Crippen molar-refractivity contribution in [1.29, 1.82) is 0 Å². The molecule has 0 atom stereocenters. The highest BCUT2D eigenvalue weighted by Crippen LogP contribution is 2.30. The molecule has 6 heteroatoms. The van der Waals surface area contributed by atoms with Gasteiger partial charge in [-0.2, -0.15) is 13.2 Å². The van der Waals surface area contributed by atoms with E-state index in [2.05, 4.69) is 15.0 Å². The Morgan fingerprint density at radius 2 is 1.88 bits per heavy atom. The molecule has 0 saturated carbocycles. The first-order valence-corrected chi connectivity index (χ1v) is 4.36. The summed E-state index contributed by atoms with van der Waals surface area (Å²) in [5, 5.41) is 0. The minimum Gasteiger partial charge on any atom is -0.263 e. The highest BCUT2D eigenvalue weighted by molar-refractivity contribution is 5.58. The molecule has 0 fully saturated rings. The zero-order valence-corrected chi connectivity index (χ0v) is 7.94. The zero-order chi connectivity index (χ0) is 11.6. The van der Waals surface area contributed by atoms with Crippen molar-refractivity contribution < 1.29 is 13.2 Å². The molecule has 0 unspecified atom stereocenters. The summed E-state index contributed by atoms with van der Waals surface area (Å²) in [4.78, 5) is 11.1. The van der Waals surface area contributed by atoms with E-state index in [9.17, 15) is 13.2 Å². The highest BCUT2D eigenvalue weighted by Gasteiger charge is 2.31. The normalized spacial score (nSPS) is 11.4. The molecule has 0 bridgehead atoms. The van der Waals surface area contributed by atoms with Crippen molar-refractivity contribution >= 4 is 0 Å². The Labute approximate surface area is 89.0 Å². The molecule has 2 aromatic rings. The maximum Gasteiger partial charge on any atom is 0.417 e. The number of hydrogen-bond acceptors (Lipinski definition) is 3. The Bertz CT molecular complexity index is 482. The molecule has 2 rings (SSSR count). The summed E-state index contributed by atoms with van der Waals surface area (Å²) in [5.74, 6) is 0. The van der Waals surface area contributed by atoms with Gasteiger partial charge in [-0.3, -0.25) is 4.98 Å². The van der Waals surface area contributed by atoms with Gasteiger partial charge in [0.25, 0.3) is 0 Å². The quantitative estimate of drug-likeness (QED) is 0.748. The van der Waals surface area contributed by atoms with Gasteiger partial charge in [-0.25, -0.2) is 9.97 Å². The Morgan fingerprint density at radius 3 is 2.50 bits per heavy atom. The predicted molar refractivity (Wildman–Crippen MR) is 50.3 cm³/mol. The van der Waals surface area contributed by atoms with Gasteiger partial charge in [0.2, 0.25) is 0 Å². The standard InChI is InChI=1S/C10H6F3N3/c11-10(12,13)8-3-7(4-15-5-8)9-1-2-14-6-16-9/h1-6H. The van der Waals surface area contributed by atoms with Crippen molar-refractivity contribution in [3.63, 3.8) is 0 Å². The van der Waals surface area contributed by atoms with Crippen LogP contribution in [0.3, 0.4) is 0 Å². The van der Waals surface area contributed by atoms with Crippen LogP contribution < -0.4 is 0 Å². The molecule has 2 heterocycles. The van der Waals surface area contributed by atoms with Crippen LogP contribution in [0, 0.1) is 0 Å². The summed E-state index contributed by atoms with van der Waals surface area (Å²) < 4.78 is 37.2. The maximum atomic E-state index is 12.4. The van der Waals surface area contributed by atoms with E-state index in [0.29, 0.717) is 11.3 Å². The van der Waals surface area contributed by atoms with Gasteiger partial charge in [0.05, 0.1) is 11.3 Å². The Balaban J connectivity index is 2.45. The molecule has 0 aliphatic heterocycles. The largest absolute Gasteiger partial charge is 0.417 e. The monoisotopic (exact) mass is 225 g/mol. The van der Waals surface area contributed by atoms with E-state index >= 15 is 0 Å². The summed E-state index contributed by atoms with van der Waals surface area (Å²) in [6, 6.07) is 2.53. The number of halogens is 3. The first kappa shape index (κ1) is 10.5. The highest BCUT2D eigenvalue weighted by atomic mass is 19.4. The molecule has 82 valence electrons. The van der Waals surface area contributed by atoms with Crippen LogP contribution in [-0.2, 0) is 6.18 Å². The first-order chi connectivity index (χ1) is 7.57. The number of rotatable bonds is 1. The Kier molecular flexibility index (Phi) is 2.55. The summed E-state index contributed by atoms with van der Waals surface area (Å²) in [6.07, 6.45) is 0.455. The molecule has 16 heavy (non-hydrogen) atoms. The Morgan fingerprint density at radius 1 is 1.06 bits per heavy atom. The lowest BCUT2D eigenvalue weighted by Crippen LogP contribution is -2.05. The van der Waals surface area contributed by atoms with Gasteiger partial charge in [-0.05, 0) is 12.1 Å². The summed E-state index contributed by atoms with van der Waals surface area (Å²) in [5.41, 5.74) is -0.0607. The first-order valence-electron chi connectivity index (χ1n) is 4.36. The second kappa shape index (κ2) is 3.88. The Hall–Kier alpha value is -1.98. The van der Waals surface area contributed by atoms with E-state index in [-0.39, 0.29) is 0 Å². The fraction of sp³-hybridized carbons (Fsp3) is 0.100. The fourth-order valence-corrected chi connectivity index (χ4v) is 1.20. The average Bonchev–Trinajstić information content (AvgIpc) is 2.29. The van der Waals surface area contributed by atoms with E-state index in [1.807, 2.05) is 0 Å². The van der Waals surface area contributed by atoms with E-state index in [0.717, 1.165) is 12.3 Å². The van der Waals surface area contributed by atoms with Crippen molar-refractivity contribution in [2.24, 2.45) is 0 Å². The number of alkyl halides is 3. The molecule has 2 aromatic heterocycles. The van der Waals surface area contributed by atoms with Crippen molar-refractivity contribution in [3.05, 3.63) is 42.6 Å². The molecule has 0 aliphatic rings. The predicted octanol–water partition coefficient (Wildman–Crippen LogP) is 2.56. The van der Waals surface area contributed by atoms with Crippen molar-refractivity contribution in [3.8, 4) is 11.3 Å². The van der Waals surface area contributed by atoms with Crippen LogP contribution in [-0.4, -0.2) is 15.0 Å². The smallest absolute Gasteiger partial charge is 0.263 e. The lowest BCUT2D eigenvalue weighted by Gasteiger charge is -2.07. The zero-order valence-electron chi connectivity index (χ0n) is 7.94. The van der Waals surface area contributed by atoms with Gasteiger partial charge in [0.1, 0.15) is 6.33 Å². The van der Waals surface area contributed by atoms with Crippen LogP contribution in [0.4, 0.5) is 13.2 Å². The summed E-state index contributed by atoms with van der Waals surface area (Å²) >= 11 is 0. The minimum absolute atomic E-state index is 0.317. The SMILES string of the molecule is FC(F)(F)c1cncc(-c2ccncn2)c1. The number of hydrogen-bond donors (Lipinski definition) is 0. The summed E-state index contributed by atoms with van der Waals surface area (Å²) in [6.45, 7) is 0. The van der Waals surface area contributed by atoms with Crippen LogP contribution in [0.25, 0.3) is 11.3 Å². The van der Waals surface area contributed by atoms with E-state index in [1.165, 1.54) is 24.8 Å². The third-order valence-electron chi connectivity index (χ3n) is 1.94. The topological polar surface area (TPSA) is 38.7 Å². The maximum absolute atomic E-state index is 12.4. The van der Waals surface area contributed by atoms with Crippen LogP contribution in [0.5, 0.6) is 0 Å². The van der Waals surface area contributed by atoms with Crippen molar-refractivity contribution in [2.75, 3.05) is 0 Å². The van der Waals surface area contributed by atoms with Gasteiger partial charge < -0.3 is 0 Å². The number of nitrogens with zero attached hydrogens (tertiary/aromatic N) is 3. The summed E-state index contributed by atoms with van der Waals surface area (Å²) in [7, 11) is 0. The molecule has 0 amide bonds. The van der Waals surface area contributed by atoms with Crippen LogP contribution in [0.15, 0.2) is 37.1 Å². The molecule has 0 aliphatic carbocycles. The van der Waals surface area contributed by atoms with E-state index < -0.39 is 11.7 Å². The van der Waals surface area contributed by atoms with Crippen LogP contribution in [0.1, 0.15) is 5.56 Å². The molecule has 0 spiro atoms. The second-order valence-electron chi connectivity index (χ2n) is 3.05. The van der Waals surface area contributed by atoms with Gasteiger partial charge in [0, 0.05) is 24.2 Å². The molecule has 0 radical (unpaired) electrons. The van der Waals surface area contributed by atoms with E-state index in [4.69, 9.17) is 0 Å². The molecular formula is C10H6F3N3. The molecule has 3 nitrogen and oxygen atoms in total. The van der Waals surface area contributed by atoms with Crippen LogP contribution in [0.2, 0.25) is 0 Å². The van der Waals surface area contributed by atoms with E-state index in [1.54, 1.807) is 0 Å². The van der Waals surface area contributed by atoms with Gasteiger partial charge >= 0.3 is 6.18 Å². The van der Waals surface area contributed by atoms with Gasteiger partial charge in [-0.15, -0.1) is 0 Å². The molecule has 0 aromatic carbocycles. The third kappa shape index (κ3) is 2.16.